The molecule has 30 heavy (non-hydrogen) atoms. The lowest BCUT2D eigenvalue weighted by Crippen LogP contribution is -2.21. The van der Waals surface area contributed by atoms with Crippen molar-refractivity contribution in [3.63, 3.8) is 0 Å². The van der Waals surface area contributed by atoms with Gasteiger partial charge in [-0.05, 0) is 25.8 Å². The van der Waals surface area contributed by atoms with Crippen LogP contribution < -0.4 is 5.32 Å². The molecule has 0 aliphatic rings. The molecule has 1 N–H and O–H groups in total. The number of hydrogen-bond donors (Lipinski definition) is 1. The average molecular weight is 437 g/mol. The van der Waals surface area contributed by atoms with Crippen molar-refractivity contribution in [2.24, 2.45) is 0 Å². The molecular weight excluding hydrogens is 414 g/mol. The highest BCUT2D eigenvalue weighted by Crippen LogP contribution is 2.34. The first kappa shape index (κ1) is 23.0. The third kappa shape index (κ3) is 5.00. The summed E-state index contributed by atoms with van der Waals surface area (Å²) in [7, 11) is 3.17. The van der Waals surface area contributed by atoms with E-state index in [0.717, 1.165) is 22.2 Å². The van der Waals surface area contributed by atoms with Gasteiger partial charge in [0.05, 0.1) is 22.0 Å². The fraction of sp³-hybridized carbons (Fsp3) is 0.444. The van der Waals surface area contributed by atoms with E-state index in [1.54, 1.807) is 21.0 Å². The first-order valence-corrected chi connectivity index (χ1v) is 9.88. The normalized spacial score (nSPS) is 10.6. The topological polar surface area (TPSA) is 137 Å². The van der Waals surface area contributed by atoms with Gasteiger partial charge in [-0.1, -0.05) is 6.92 Å². The largest absolute Gasteiger partial charge is 0.462 e. The van der Waals surface area contributed by atoms with Crippen LogP contribution in [0.2, 0.25) is 0 Å². The van der Waals surface area contributed by atoms with E-state index in [0.29, 0.717) is 16.9 Å². The van der Waals surface area contributed by atoms with Crippen LogP contribution in [0.1, 0.15) is 44.6 Å². The molecule has 0 aliphatic heterocycles. The van der Waals surface area contributed by atoms with Gasteiger partial charge in [-0.2, -0.15) is 5.10 Å². The summed E-state index contributed by atoms with van der Waals surface area (Å²) in [5.41, 5.74) is 0.523. The molecule has 0 radical (unpaired) electrons. The lowest BCUT2D eigenvalue weighted by atomic mass is 10.1. The van der Waals surface area contributed by atoms with Gasteiger partial charge < -0.3 is 15.0 Å². The van der Waals surface area contributed by atoms with Gasteiger partial charge in [-0.15, -0.1) is 11.3 Å². The van der Waals surface area contributed by atoms with Gasteiger partial charge in [0.25, 0.3) is 5.91 Å². The maximum atomic E-state index is 12.5. The maximum absolute atomic E-state index is 12.5. The molecule has 0 saturated carbocycles. The Morgan fingerprint density at radius 3 is 2.53 bits per heavy atom. The Labute approximate surface area is 176 Å². The first-order chi connectivity index (χ1) is 14.1. The van der Waals surface area contributed by atoms with E-state index in [1.807, 2.05) is 6.92 Å². The van der Waals surface area contributed by atoms with Gasteiger partial charge in [0.15, 0.2) is 0 Å². The molecule has 0 unspecified atom stereocenters. The number of thiophene rings is 1. The van der Waals surface area contributed by atoms with Crippen LogP contribution in [0.15, 0.2) is 6.20 Å². The number of ether oxygens (including phenoxy) is 1. The summed E-state index contributed by atoms with van der Waals surface area (Å²) in [5, 5.41) is 17.7. The molecule has 2 rings (SSSR count). The van der Waals surface area contributed by atoms with E-state index in [1.165, 1.54) is 11.8 Å². The fourth-order valence-corrected chi connectivity index (χ4v) is 3.83. The molecular formula is C18H23N5O6S. The minimum absolute atomic E-state index is 0.120. The zero-order valence-electron chi connectivity index (χ0n) is 17.3. The van der Waals surface area contributed by atoms with Gasteiger partial charge >= 0.3 is 11.7 Å². The second-order valence-electron chi connectivity index (χ2n) is 6.70. The molecule has 2 aromatic heterocycles. The predicted octanol–water partition coefficient (Wildman–Crippen LogP) is 2.38. The maximum Gasteiger partial charge on any atom is 0.341 e. The highest BCUT2D eigenvalue weighted by molar-refractivity contribution is 7.18. The van der Waals surface area contributed by atoms with E-state index >= 15 is 0 Å². The smallest absolute Gasteiger partial charge is 0.341 e. The van der Waals surface area contributed by atoms with Crippen LogP contribution in [0, 0.1) is 24.0 Å². The number of carbonyl (C=O) groups excluding carboxylic acids is 3. The third-order valence-corrected chi connectivity index (χ3v) is 5.26. The van der Waals surface area contributed by atoms with Gasteiger partial charge in [0.2, 0.25) is 5.91 Å². The molecule has 0 aromatic carbocycles. The second kappa shape index (κ2) is 9.48. The van der Waals surface area contributed by atoms with Crippen molar-refractivity contribution in [1.29, 1.82) is 0 Å². The van der Waals surface area contributed by atoms with E-state index < -0.39 is 16.8 Å². The summed E-state index contributed by atoms with van der Waals surface area (Å²) < 4.78 is 6.34. The van der Waals surface area contributed by atoms with E-state index in [-0.39, 0.29) is 41.0 Å². The van der Waals surface area contributed by atoms with Crippen molar-refractivity contribution in [1.82, 2.24) is 14.7 Å². The summed E-state index contributed by atoms with van der Waals surface area (Å²) in [6.45, 7) is 4.84. The Morgan fingerprint density at radius 2 is 2.00 bits per heavy atom. The molecule has 162 valence electrons. The number of nitrogens with zero attached hydrogens (tertiary/aromatic N) is 4. The van der Waals surface area contributed by atoms with Crippen LogP contribution in [0.3, 0.4) is 0 Å². The highest BCUT2D eigenvalue weighted by atomic mass is 32.1. The molecule has 0 aliphatic carbocycles. The second-order valence-corrected chi connectivity index (χ2v) is 7.72. The van der Waals surface area contributed by atoms with Crippen LogP contribution in [0.4, 0.5) is 10.7 Å². The van der Waals surface area contributed by atoms with Gasteiger partial charge in [-0.3, -0.25) is 24.4 Å². The lowest BCUT2D eigenvalue weighted by molar-refractivity contribution is -0.385. The van der Waals surface area contributed by atoms with Gasteiger partial charge in [-0.25, -0.2) is 4.79 Å². The van der Waals surface area contributed by atoms with Crippen LogP contribution >= 0.6 is 11.3 Å². The SMILES string of the molecule is CCCOC(=O)c1c(NC(=O)Cn2cc([N+](=O)[O-])c(C)n2)sc(C(=O)N(C)C)c1C. The minimum atomic E-state index is -0.635. The summed E-state index contributed by atoms with van der Waals surface area (Å²) >= 11 is 0.975. The van der Waals surface area contributed by atoms with Gasteiger partial charge in [0.1, 0.15) is 23.4 Å². The molecule has 0 spiro atoms. The predicted molar refractivity (Wildman–Crippen MR) is 110 cm³/mol. The van der Waals surface area contributed by atoms with Crippen molar-refractivity contribution in [3.05, 3.63) is 38.0 Å². The monoisotopic (exact) mass is 437 g/mol. The Kier molecular flexibility index (Phi) is 7.27. The average Bonchev–Trinajstić information content (AvgIpc) is 3.18. The Morgan fingerprint density at radius 1 is 1.33 bits per heavy atom. The number of anilines is 1. The number of esters is 1. The summed E-state index contributed by atoms with van der Waals surface area (Å²) in [6.07, 6.45) is 1.78. The van der Waals surface area contributed by atoms with Crippen LogP contribution in [-0.4, -0.2) is 58.1 Å². The molecule has 12 heteroatoms. The Bertz CT molecular complexity index is 994. The van der Waals surface area contributed by atoms with Crippen molar-refractivity contribution in [2.75, 3.05) is 26.0 Å². The van der Waals surface area contributed by atoms with E-state index in [2.05, 4.69) is 10.4 Å². The van der Waals surface area contributed by atoms with Crippen molar-refractivity contribution < 1.29 is 24.0 Å². The molecule has 0 saturated heterocycles. The standard InChI is InChI=1S/C18H23N5O6S/c1-6-7-29-18(26)14-10(2)15(17(25)21(4)5)30-16(14)19-13(24)9-22-8-12(23(27)28)11(3)20-22/h8H,6-7,9H2,1-5H3,(H,19,24). The number of aromatic nitrogens is 2. The summed E-state index contributed by atoms with van der Waals surface area (Å²) in [5.74, 6) is -1.49. The highest BCUT2D eigenvalue weighted by Gasteiger charge is 2.27. The Hall–Kier alpha value is -3.28. The number of nitro groups is 1. The number of rotatable bonds is 8. The summed E-state index contributed by atoms with van der Waals surface area (Å²) in [6, 6.07) is 0. The van der Waals surface area contributed by atoms with Crippen molar-refractivity contribution in [2.45, 2.75) is 33.7 Å². The van der Waals surface area contributed by atoms with Crippen LogP contribution in [0.25, 0.3) is 0 Å². The quantitative estimate of drug-likeness (QED) is 0.380. The first-order valence-electron chi connectivity index (χ1n) is 9.07. The van der Waals surface area contributed by atoms with Gasteiger partial charge in [0, 0.05) is 14.1 Å². The molecule has 0 fully saturated rings. The molecule has 2 aromatic rings. The fourth-order valence-electron chi connectivity index (χ4n) is 2.60. The third-order valence-electron chi connectivity index (χ3n) is 4.06. The Balaban J connectivity index is 2.32. The minimum Gasteiger partial charge on any atom is -0.462 e. The molecule has 0 atom stereocenters. The summed E-state index contributed by atoms with van der Waals surface area (Å²) in [4.78, 5) is 49.5. The number of hydrogen-bond acceptors (Lipinski definition) is 8. The van der Waals surface area contributed by atoms with Crippen molar-refractivity contribution >= 4 is 39.8 Å². The molecule has 0 bridgehead atoms. The number of amides is 2. The zero-order chi connectivity index (χ0) is 22.6. The number of nitrogens with one attached hydrogen (secondary N) is 1. The molecule has 2 heterocycles. The number of aryl methyl sites for hydroxylation is 1. The molecule has 2 amide bonds. The van der Waals surface area contributed by atoms with Crippen LogP contribution in [-0.2, 0) is 16.1 Å². The van der Waals surface area contributed by atoms with Crippen LogP contribution in [0.5, 0.6) is 0 Å². The van der Waals surface area contributed by atoms with E-state index in [9.17, 15) is 24.5 Å². The zero-order valence-corrected chi connectivity index (χ0v) is 18.2. The van der Waals surface area contributed by atoms with Crippen molar-refractivity contribution in [3.8, 4) is 0 Å². The van der Waals surface area contributed by atoms with E-state index in [4.69, 9.17) is 4.74 Å². The number of carbonyl (C=O) groups is 3. The lowest BCUT2D eigenvalue weighted by Gasteiger charge is -2.09. The molecule has 11 nitrogen and oxygen atoms in total.